The van der Waals surface area contributed by atoms with Gasteiger partial charge in [-0.15, -0.1) is 0 Å². The fourth-order valence-electron chi connectivity index (χ4n) is 8.82. The molecule has 0 unspecified atom stereocenters. The molecule has 3 aromatic heterocycles. The van der Waals surface area contributed by atoms with Crippen LogP contribution in [-0.2, 0) is 0 Å². The molecule has 0 radical (unpaired) electrons. The van der Waals surface area contributed by atoms with Crippen LogP contribution in [0.25, 0.3) is 107 Å². The first-order valence-electron chi connectivity index (χ1n) is 18.0. The van der Waals surface area contributed by atoms with Gasteiger partial charge in [-0.1, -0.05) is 0 Å². The molecule has 0 fully saturated rings. The van der Waals surface area contributed by atoms with E-state index in [1.807, 2.05) is 0 Å². The Hall–Kier alpha value is -5.28. The third kappa shape index (κ3) is 4.65. The van der Waals surface area contributed by atoms with Crippen LogP contribution in [0.3, 0.4) is 0 Å². The van der Waals surface area contributed by atoms with Crippen LogP contribution >= 0.6 is 22.7 Å². The van der Waals surface area contributed by atoms with Crippen LogP contribution in [0.2, 0.25) is 0 Å². The summed E-state index contributed by atoms with van der Waals surface area (Å²) in [5.41, 5.74) is 13.4. The Balaban J connectivity index is 1.19. The van der Waals surface area contributed by atoms with E-state index in [2.05, 4.69) is 169 Å². The molecule has 0 aliphatic rings. The van der Waals surface area contributed by atoms with E-state index < -0.39 is 0 Å². The predicted molar refractivity (Wildman–Crippen MR) is 235 cm³/mol. The van der Waals surface area contributed by atoms with Gasteiger partial charge in [0.25, 0.3) is 0 Å². The summed E-state index contributed by atoms with van der Waals surface area (Å²) in [7, 11) is 0. The molecule has 0 spiro atoms. The standard InChI is InChI=1S/C50H32S2Se/c1-29-25-51-27-43(29)48-34-14-5-3-12-32(34)46(33-13-4-6-15-35(33)48)31-22-23-45-42(24-31)40-20-11-21-41(50(40)53-45)47-36-16-7-9-18-38(36)49(44-28-52-26-30(44)2)39-19-10-8-17-37(39)47/h3-28H,1-2H3. The quantitative estimate of drug-likeness (QED) is 0.123. The molecule has 250 valence electrons. The summed E-state index contributed by atoms with van der Waals surface area (Å²) >= 11 is 3.76. The average Bonchev–Trinajstić information content (AvgIpc) is 3.93. The van der Waals surface area contributed by atoms with E-state index in [0.29, 0.717) is 0 Å². The van der Waals surface area contributed by atoms with Crippen molar-refractivity contribution in [3.05, 3.63) is 166 Å². The van der Waals surface area contributed by atoms with Crippen LogP contribution in [0.1, 0.15) is 11.1 Å². The Morgan fingerprint density at radius 3 is 1.21 bits per heavy atom. The SMILES string of the molecule is Cc1cscc1-c1c2ccccc2c(-c2ccc3[se]c4c(-c5c6ccccc6c(-c6cscc6C)c6ccccc56)cccc4c3c2)c2ccccc12. The molecule has 0 aliphatic carbocycles. The molecule has 0 aliphatic heterocycles. The summed E-state index contributed by atoms with van der Waals surface area (Å²) in [5.74, 6) is 0. The molecule has 53 heavy (non-hydrogen) atoms. The normalized spacial score (nSPS) is 12.0. The van der Waals surface area contributed by atoms with Gasteiger partial charge in [0.15, 0.2) is 0 Å². The molecule has 0 N–H and O–H groups in total. The first-order valence-corrected chi connectivity index (χ1v) is 21.6. The minimum absolute atomic E-state index is 0.176. The molecule has 3 heterocycles. The van der Waals surface area contributed by atoms with E-state index >= 15 is 0 Å². The monoisotopic (exact) mass is 776 g/mol. The van der Waals surface area contributed by atoms with Gasteiger partial charge in [0.2, 0.25) is 0 Å². The van der Waals surface area contributed by atoms with Crippen LogP contribution in [0.4, 0.5) is 0 Å². The van der Waals surface area contributed by atoms with Crippen molar-refractivity contribution in [2.24, 2.45) is 0 Å². The molecule has 11 aromatic rings. The summed E-state index contributed by atoms with van der Waals surface area (Å²) in [6.07, 6.45) is 0. The second kappa shape index (κ2) is 12.1. The Bertz CT molecular complexity index is 3150. The zero-order chi connectivity index (χ0) is 35.2. The molecule has 8 aromatic carbocycles. The van der Waals surface area contributed by atoms with Crippen LogP contribution in [0.15, 0.2) is 155 Å². The second-order valence-electron chi connectivity index (χ2n) is 14.1. The molecule has 0 saturated carbocycles. The number of thiophene rings is 2. The number of hydrogen-bond donors (Lipinski definition) is 0. The topological polar surface area (TPSA) is 0 Å². The van der Waals surface area contributed by atoms with Crippen LogP contribution < -0.4 is 0 Å². The van der Waals surface area contributed by atoms with Crippen molar-refractivity contribution in [1.29, 1.82) is 0 Å². The van der Waals surface area contributed by atoms with Gasteiger partial charge < -0.3 is 0 Å². The van der Waals surface area contributed by atoms with Crippen molar-refractivity contribution in [2.75, 3.05) is 0 Å². The third-order valence-electron chi connectivity index (χ3n) is 11.2. The van der Waals surface area contributed by atoms with Crippen molar-refractivity contribution in [2.45, 2.75) is 13.8 Å². The van der Waals surface area contributed by atoms with Gasteiger partial charge in [0.05, 0.1) is 0 Å². The fourth-order valence-corrected chi connectivity index (χ4v) is 13.0. The number of benzene rings is 8. The number of rotatable bonds is 4. The van der Waals surface area contributed by atoms with Crippen LogP contribution in [0.5, 0.6) is 0 Å². The van der Waals surface area contributed by atoms with Crippen LogP contribution in [-0.4, -0.2) is 14.5 Å². The molecule has 3 heteroatoms. The van der Waals surface area contributed by atoms with Gasteiger partial charge in [-0.2, -0.15) is 0 Å². The van der Waals surface area contributed by atoms with Crippen LogP contribution in [0, 0.1) is 13.8 Å². The predicted octanol–water partition coefficient (Wildman–Crippen LogP) is 15.1. The van der Waals surface area contributed by atoms with E-state index in [-0.39, 0.29) is 14.5 Å². The molecule has 0 saturated heterocycles. The number of hydrogen-bond acceptors (Lipinski definition) is 2. The van der Waals surface area contributed by atoms with Gasteiger partial charge in [0.1, 0.15) is 0 Å². The summed E-state index contributed by atoms with van der Waals surface area (Å²) in [4.78, 5) is 0. The Morgan fingerprint density at radius 1 is 0.358 bits per heavy atom. The van der Waals surface area contributed by atoms with Crippen molar-refractivity contribution >= 4 is 99.6 Å². The van der Waals surface area contributed by atoms with Gasteiger partial charge >= 0.3 is 324 Å². The maximum absolute atomic E-state index is 2.50. The second-order valence-corrected chi connectivity index (χ2v) is 17.8. The average molecular weight is 776 g/mol. The van der Waals surface area contributed by atoms with E-state index in [1.54, 1.807) is 22.7 Å². The Morgan fingerprint density at radius 2 is 0.774 bits per heavy atom. The zero-order valence-corrected chi connectivity index (χ0v) is 32.6. The first-order chi connectivity index (χ1) is 26.2. The van der Waals surface area contributed by atoms with Gasteiger partial charge in [-0.05, 0) is 0 Å². The van der Waals surface area contributed by atoms with Crippen molar-refractivity contribution in [3.63, 3.8) is 0 Å². The number of fused-ring (bicyclic) bond motifs is 7. The van der Waals surface area contributed by atoms with Crippen molar-refractivity contribution in [1.82, 2.24) is 0 Å². The molecule has 0 nitrogen and oxygen atoms in total. The molecule has 11 rings (SSSR count). The van der Waals surface area contributed by atoms with Crippen molar-refractivity contribution in [3.8, 4) is 44.5 Å². The molecule has 0 bridgehead atoms. The zero-order valence-electron chi connectivity index (χ0n) is 29.2. The Labute approximate surface area is 322 Å². The van der Waals surface area contributed by atoms with Gasteiger partial charge in [-0.25, -0.2) is 0 Å². The summed E-state index contributed by atoms with van der Waals surface area (Å²) < 4.78 is 2.95. The first kappa shape index (κ1) is 31.3. The fraction of sp³-hybridized carbons (Fsp3) is 0.0400. The molecular formula is C50H32S2Se. The summed E-state index contributed by atoms with van der Waals surface area (Å²) in [5, 5.41) is 22.5. The summed E-state index contributed by atoms with van der Waals surface area (Å²) in [6, 6.07) is 50.5. The molecular weight excluding hydrogens is 744 g/mol. The minimum atomic E-state index is 0.176. The maximum atomic E-state index is 2.50. The third-order valence-corrected chi connectivity index (χ3v) is 15.4. The van der Waals surface area contributed by atoms with E-state index in [1.165, 1.54) is 118 Å². The van der Waals surface area contributed by atoms with E-state index in [4.69, 9.17) is 0 Å². The number of aryl methyl sites for hydroxylation is 2. The molecule has 0 atom stereocenters. The van der Waals surface area contributed by atoms with E-state index in [0.717, 1.165) is 0 Å². The van der Waals surface area contributed by atoms with Gasteiger partial charge in [-0.3, -0.25) is 0 Å². The Kier molecular flexibility index (Phi) is 7.16. The van der Waals surface area contributed by atoms with E-state index in [9.17, 15) is 0 Å². The van der Waals surface area contributed by atoms with Crippen molar-refractivity contribution < 1.29 is 0 Å². The van der Waals surface area contributed by atoms with Gasteiger partial charge in [0, 0.05) is 0 Å². The molecule has 0 amide bonds. The summed E-state index contributed by atoms with van der Waals surface area (Å²) in [6.45, 7) is 4.48.